The highest BCUT2D eigenvalue weighted by Gasteiger charge is 1.49. The third-order valence-corrected chi connectivity index (χ3v) is 0.164. The van der Waals surface area contributed by atoms with Crippen LogP contribution in [0.1, 0.15) is 0 Å². The van der Waals surface area contributed by atoms with Crippen LogP contribution >= 0.6 is 0 Å². The van der Waals surface area contributed by atoms with E-state index >= 15 is 0 Å². The molecule has 0 aliphatic heterocycles. The molecule has 0 spiro atoms. The second kappa shape index (κ2) is 3.21. The minimum atomic E-state index is 0.569. The molecule has 27 valence electrons. The normalized spacial score (nSPS) is 8.80. The van der Waals surface area contributed by atoms with Crippen LogP contribution in [0.4, 0.5) is 0 Å². The molecule has 0 saturated heterocycles. The molecule has 0 rings (SSSR count). The number of carbonyl (C=O) groups is 1. The van der Waals surface area contributed by atoms with E-state index in [-0.39, 0.29) is 0 Å². The van der Waals surface area contributed by atoms with Crippen LogP contribution in [0, 0.1) is 6.20 Å². The zero-order valence-corrected chi connectivity index (χ0v) is 2.64. The molecule has 2 heteroatoms. The molecule has 0 aliphatic rings. The predicted molar refractivity (Wildman–Crippen MR) is 18.1 cm³/mol. The van der Waals surface area contributed by atoms with Crippen molar-refractivity contribution in [1.82, 2.24) is 0 Å². The van der Waals surface area contributed by atoms with Gasteiger partial charge in [0.25, 0.3) is 0 Å². The van der Waals surface area contributed by atoms with E-state index < -0.39 is 0 Å². The molecule has 0 unspecified atom stereocenters. The Morgan fingerprint density at radius 2 is 2.40 bits per heavy atom. The second-order valence-corrected chi connectivity index (χ2v) is 0.469. The maximum Gasteiger partial charge on any atom is 0.144 e. The van der Waals surface area contributed by atoms with Gasteiger partial charge in [-0.1, -0.05) is 0 Å². The summed E-state index contributed by atoms with van der Waals surface area (Å²) >= 11 is 0. The van der Waals surface area contributed by atoms with Crippen molar-refractivity contribution in [3.8, 4) is 0 Å². The fourth-order valence-electron chi connectivity index (χ4n) is 0.0393. The number of nitrogens with two attached hydrogens (primary N) is 1. The maximum absolute atomic E-state index is 9.21. The van der Waals surface area contributed by atoms with E-state index in [1.807, 2.05) is 6.20 Å². The summed E-state index contributed by atoms with van der Waals surface area (Å²) in [4.78, 5) is 9.21. The molecule has 0 saturated carbocycles. The molecule has 5 heavy (non-hydrogen) atoms. The van der Waals surface area contributed by atoms with Gasteiger partial charge in [0, 0.05) is 6.08 Å². The van der Waals surface area contributed by atoms with Crippen LogP contribution in [0.3, 0.4) is 0 Å². The molecule has 1 radical (unpaired) electrons. The number of allylic oxidation sites excluding steroid dienone is 1. The predicted octanol–water partition coefficient (Wildman–Crippen LogP) is -0.539. The van der Waals surface area contributed by atoms with E-state index in [0.29, 0.717) is 6.29 Å². The van der Waals surface area contributed by atoms with Crippen molar-refractivity contribution < 1.29 is 4.79 Å². The summed E-state index contributed by atoms with van der Waals surface area (Å²) in [6, 6.07) is 0. The zero-order valence-electron chi connectivity index (χ0n) is 2.64. The monoisotopic (exact) mass is 70.0 g/mol. The van der Waals surface area contributed by atoms with Gasteiger partial charge < -0.3 is 5.73 Å². The summed E-state index contributed by atoms with van der Waals surface area (Å²) < 4.78 is 0. The highest BCUT2D eigenvalue weighted by molar-refractivity contribution is 5.63. The lowest BCUT2D eigenvalue weighted by Crippen LogP contribution is -1.75. The van der Waals surface area contributed by atoms with Gasteiger partial charge in [-0.05, 0) is 0 Å². The van der Waals surface area contributed by atoms with Crippen molar-refractivity contribution >= 4 is 6.29 Å². The lowest BCUT2D eigenvalue weighted by atomic mass is 10.7. The number of carbonyl (C=O) groups excluding carboxylic acids is 1. The molecule has 0 aliphatic carbocycles. The molecular formula is C3H4NO. The van der Waals surface area contributed by atoms with E-state index in [9.17, 15) is 4.79 Å². The molecular weight excluding hydrogens is 66.0 g/mol. The van der Waals surface area contributed by atoms with Gasteiger partial charge in [-0.3, -0.25) is 4.79 Å². The SMILES string of the molecule is N/[C]=C/C=O. The number of hydrogen-bond donors (Lipinski definition) is 1. The molecule has 0 aromatic heterocycles. The smallest absolute Gasteiger partial charge is 0.144 e. The molecule has 0 aromatic carbocycles. The van der Waals surface area contributed by atoms with E-state index in [2.05, 4.69) is 5.73 Å². The fourth-order valence-corrected chi connectivity index (χ4v) is 0.0393. The Bertz CT molecular complexity index is 48.9. The van der Waals surface area contributed by atoms with Gasteiger partial charge in [-0.2, -0.15) is 0 Å². The average molecular weight is 70.1 g/mol. The van der Waals surface area contributed by atoms with Crippen LogP contribution in [0.25, 0.3) is 0 Å². The minimum absolute atomic E-state index is 0.569. The number of aldehydes is 1. The first-order chi connectivity index (χ1) is 2.41. The quantitative estimate of drug-likeness (QED) is 0.256. The first kappa shape index (κ1) is 4.21. The summed E-state index contributed by atoms with van der Waals surface area (Å²) in [6.45, 7) is 0. The van der Waals surface area contributed by atoms with Gasteiger partial charge in [0.1, 0.15) is 6.29 Å². The fraction of sp³-hybridized carbons (Fsp3) is 0. The molecule has 2 N–H and O–H groups in total. The Labute approximate surface area is 30.3 Å². The van der Waals surface area contributed by atoms with Crippen molar-refractivity contribution in [2.24, 2.45) is 5.73 Å². The van der Waals surface area contributed by atoms with E-state index in [1.54, 1.807) is 0 Å². The Balaban J connectivity index is 2.92. The molecule has 0 fully saturated rings. The molecule has 0 bridgehead atoms. The van der Waals surface area contributed by atoms with Crippen LogP contribution in [0.5, 0.6) is 0 Å². The highest BCUT2D eigenvalue weighted by atomic mass is 16.1. The van der Waals surface area contributed by atoms with Crippen molar-refractivity contribution in [2.75, 3.05) is 0 Å². The molecule has 0 heterocycles. The largest absolute Gasteiger partial charge is 0.397 e. The Hall–Kier alpha value is -0.790. The van der Waals surface area contributed by atoms with Gasteiger partial charge in [0.2, 0.25) is 0 Å². The number of rotatable bonds is 1. The maximum atomic E-state index is 9.21. The highest BCUT2D eigenvalue weighted by Crippen LogP contribution is 1.42. The summed E-state index contributed by atoms with van der Waals surface area (Å²) in [5, 5.41) is 0. The Morgan fingerprint density at radius 1 is 1.80 bits per heavy atom. The zero-order chi connectivity index (χ0) is 4.12. The van der Waals surface area contributed by atoms with Gasteiger partial charge in [-0.15, -0.1) is 0 Å². The van der Waals surface area contributed by atoms with Crippen LogP contribution < -0.4 is 5.73 Å². The van der Waals surface area contributed by atoms with Crippen LogP contribution in [-0.4, -0.2) is 6.29 Å². The summed E-state index contributed by atoms with van der Waals surface area (Å²) in [5.41, 5.74) is 4.60. The van der Waals surface area contributed by atoms with E-state index in [0.717, 1.165) is 6.08 Å². The standard InChI is InChI=1S/C3H4NO/c4-2-1-3-5/h1,3H,4H2. The topological polar surface area (TPSA) is 43.1 Å². The first-order valence-electron chi connectivity index (χ1n) is 1.15. The van der Waals surface area contributed by atoms with Gasteiger partial charge in [-0.25, -0.2) is 0 Å². The van der Waals surface area contributed by atoms with Crippen LogP contribution in [0.2, 0.25) is 0 Å². The van der Waals surface area contributed by atoms with Gasteiger partial charge >= 0.3 is 0 Å². The van der Waals surface area contributed by atoms with Crippen molar-refractivity contribution in [2.45, 2.75) is 0 Å². The summed E-state index contributed by atoms with van der Waals surface area (Å²) in [5.74, 6) is 0. The Morgan fingerprint density at radius 3 is 2.40 bits per heavy atom. The second-order valence-electron chi connectivity index (χ2n) is 0.469. The molecule has 2 nitrogen and oxygen atoms in total. The Kier molecular flexibility index (Phi) is 2.70. The third kappa shape index (κ3) is 3.21. The van der Waals surface area contributed by atoms with Gasteiger partial charge in [0.05, 0.1) is 6.20 Å². The van der Waals surface area contributed by atoms with Gasteiger partial charge in [0.15, 0.2) is 0 Å². The van der Waals surface area contributed by atoms with Crippen molar-refractivity contribution in [3.63, 3.8) is 0 Å². The average Bonchev–Trinajstić information content (AvgIpc) is 1.41. The number of hydrogen-bond acceptors (Lipinski definition) is 2. The lowest BCUT2D eigenvalue weighted by Gasteiger charge is -1.52. The molecule has 0 amide bonds. The molecule has 0 atom stereocenters. The van der Waals surface area contributed by atoms with Crippen LogP contribution in [0.15, 0.2) is 6.08 Å². The van der Waals surface area contributed by atoms with Crippen molar-refractivity contribution in [1.29, 1.82) is 0 Å². The molecule has 0 aromatic rings. The third-order valence-electron chi connectivity index (χ3n) is 0.164. The summed E-state index contributed by atoms with van der Waals surface area (Å²) in [7, 11) is 0. The van der Waals surface area contributed by atoms with E-state index in [1.165, 1.54) is 0 Å². The summed E-state index contributed by atoms with van der Waals surface area (Å²) in [6.07, 6.45) is 3.69. The van der Waals surface area contributed by atoms with Crippen molar-refractivity contribution in [3.05, 3.63) is 12.3 Å². The minimum Gasteiger partial charge on any atom is -0.397 e. The van der Waals surface area contributed by atoms with Crippen LogP contribution in [-0.2, 0) is 4.79 Å². The lowest BCUT2D eigenvalue weighted by molar-refractivity contribution is -0.104. The van der Waals surface area contributed by atoms with E-state index in [4.69, 9.17) is 0 Å². The first-order valence-corrected chi connectivity index (χ1v) is 1.15.